The van der Waals surface area contributed by atoms with Crippen molar-refractivity contribution in [1.29, 1.82) is 0 Å². The SMILES string of the molecule is CCOC(=O)N1CCN(C(=O)c2ccc(Nc3ccc4c(c3)OCO4)nc2)CC1. The third-order valence-corrected chi connectivity index (χ3v) is 4.75. The van der Waals surface area contributed by atoms with E-state index in [1.54, 1.807) is 35.1 Å². The van der Waals surface area contributed by atoms with Gasteiger partial charge in [0, 0.05) is 44.1 Å². The first-order valence-electron chi connectivity index (χ1n) is 9.48. The maximum Gasteiger partial charge on any atom is 0.409 e. The van der Waals surface area contributed by atoms with Gasteiger partial charge in [0.05, 0.1) is 12.2 Å². The molecule has 29 heavy (non-hydrogen) atoms. The zero-order valence-electron chi connectivity index (χ0n) is 16.1. The highest BCUT2D eigenvalue weighted by Crippen LogP contribution is 2.34. The van der Waals surface area contributed by atoms with Gasteiger partial charge >= 0.3 is 6.09 Å². The number of ether oxygens (including phenoxy) is 3. The van der Waals surface area contributed by atoms with Crippen LogP contribution in [0.3, 0.4) is 0 Å². The van der Waals surface area contributed by atoms with E-state index in [0.29, 0.717) is 55.7 Å². The number of aromatic nitrogens is 1. The van der Waals surface area contributed by atoms with Gasteiger partial charge in [-0.05, 0) is 31.2 Å². The Morgan fingerprint density at radius 2 is 1.83 bits per heavy atom. The Hall–Kier alpha value is -3.49. The number of carbonyl (C=O) groups excluding carboxylic acids is 2. The Morgan fingerprint density at radius 3 is 2.55 bits per heavy atom. The molecule has 1 aromatic heterocycles. The van der Waals surface area contributed by atoms with Crippen LogP contribution in [0.5, 0.6) is 11.5 Å². The van der Waals surface area contributed by atoms with E-state index in [1.807, 2.05) is 18.2 Å². The van der Waals surface area contributed by atoms with Gasteiger partial charge < -0.3 is 29.3 Å². The molecule has 9 heteroatoms. The molecule has 2 amide bonds. The summed E-state index contributed by atoms with van der Waals surface area (Å²) in [5, 5.41) is 3.18. The second-order valence-corrected chi connectivity index (χ2v) is 6.60. The molecule has 2 aromatic rings. The quantitative estimate of drug-likeness (QED) is 0.846. The minimum Gasteiger partial charge on any atom is -0.454 e. The van der Waals surface area contributed by atoms with Crippen LogP contribution in [0.15, 0.2) is 36.5 Å². The summed E-state index contributed by atoms with van der Waals surface area (Å²) in [7, 11) is 0. The fraction of sp³-hybridized carbons (Fsp3) is 0.350. The molecular weight excluding hydrogens is 376 g/mol. The lowest BCUT2D eigenvalue weighted by Gasteiger charge is -2.34. The Bertz CT molecular complexity index is 894. The number of nitrogens with one attached hydrogen (secondary N) is 1. The van der Waals surface area contributed by atoms with E-state index in [9.17, 15) is 9.59 Å². The normalized spacial score (nSPS) is 15.2. The number of piperazine rings is 1. The van der Waals surface area contributed by atoms with Crippen molar-refractivity contribution in [1.82, 2.24) is 14.8 Å². The molecule has 1 N–H and O–H groups in total. The molecule has 0 radical (unpaired) electrons. The first kappa shape index (κ1) is 18.9. The van der Waals surface area contributed by atoms with E-state index in [1.165, 1.54) is 0 Å². The van der Waals surface area contributed by atoms with E-state index in [0.717, 1.165) is 5.69 Å². The number of anilines is 2. The number of hydrogen-bond donors (Lipinski definition) is 1. The largest absolute Gasteiger partial charge is 0.454 e. The van der Waals surface area contributed by atoms with E-state index in [-0.39, 0.29) is 18.8 Å². The molecule has 0 saturated carbocycles. The molecule has 152 valence electrons. The lowest BCUT2D eigenvalue weighted by molar-refractivity contribution is 0.0570. The van der Waals surface area contributed by atoms with Gasteiger partial charge in [0.25, 0.3) is 5.91 Å². The predicted octanol–water partition coefficient (Wildman–Crippen LogP) is 2.47. The van der Waals surface area contributed by atoms with Crippen LogP contribution in [0.25, 0.3) is 0 Å². The van der Waals surface area contributed by atoms with Crippen LogP contribution in [0.2, 0.25) is 0 Å². The van der Waals surface area contributed by atoms with Gasteiger partial charge in [-0.15, -0.1) is 0 Å². The molecule has 0 aliphatic carbocycles. The number of amides is 2. The van der Waals surface area contributed by atoms with Crippen molar-refractivity contribution in [2.24, 2.45) is 0 Å². The summed E-state index contributed by atoms with van der Waals surface area (Å²) in [6, 6.07) is 9.04. The van der Waals surface area contributed by atoms with Crippen molar-refractivity contribution in [2.75, 3.05) is 44.9 Å². The highest BCUT2D eigenvalue weighted by molar-refractivity contribution is 5.94. The standard InChI is InChI=1S/C20H22N4O5/c1-2-27-20(26)24-9-7-23(8-10-24)19(25)14-3-6-18(21-12-14)22-15-4-5-16-17(11-15)29-13-28-16/h3-6,11-12H,2,7-10,13H2,1H3,(H,21,22). The molecular formula is C20H22N4O5. The van der Waals surface area contributed by atoms with Crippen molar-refractivity contribution < 1.29 is 23.8 Å². The summed E-state index contributed by atoms with van der Waals surface area (Å²) >= 11 is 0. The molecule has 0 spiro atoms. The molecule has 2 aliphatic heterocycles. The van der Waals surface area contributed by atoms with E-state index < -0.39 is 0 Å². The predicted molar refractivity (Wildman–Crippen MR) is 105 cm³/mol. The van der Waals surface area contributed by atoms with E-state index in [2.05, 4.69) is 10.3 Å². The van der Waals surface area contributed by atoms with Crippen LogP contribution in [0.4, 0.5) is 16.3 Å². The minimum absolute atomic E-state index is 0.101. The van der Waals surface area contributed by atoms with Crippen molar-refractivity contribution in [3.8, 4) is 11.5 Å². The van der Waals surface area contributed by atoms with Crippen molar-refractivity contribution in [3.63, 3.8) is 0 Å². The molecule has 9 nitrogen and oxygen atoms in total. The Balaban J connectivity index is 1.34. The summed E-state index contributed by atoms with van der Waals surface area (Å²) in [5.41, 5.74) is 1.32. The molecule has 0 atom stereocenters. The van der Waals surface area contributed by atoms with Gasteiger partial charge in [0.1, 0.15) is 5.82 Å². The number of benzene rings is 1. The molecule has 0 unspecified atom stereocenters. The van der Waals surface area contributed by atoms with Crippen LogP contribution in [0.1, 0.15) is 17.3 Å². The summed E-state index contributed by atoms with van der Waals surface area (Å²) < 4.78 is 15.7. The van der Waals surface area contributed by atoms with Gasteiger partial charge in [0.15, 0.2) is 11.5 Å². The summed E-state index contributed by atoms with van der Waals surface area (Å²) in [5.74, 6) is 1.92. The van der Waals surface area contributed by atoms with Gasteiger partial charge in [0.2, 0.25) is 6.79 Å². The fourth-order valence-electron chi connectivity index (χ4n) is 3.21. The summed E-state index contributed by atoms with van der Waals surface area (Å²) in [6.07, 6.45) is 1.22. The fourth-order valence-corrected chi connectivity index (χ4v) is 3.21. The summed E-state index contributed by atoms with van der Waals surface area (Å²) in [4.78, 5) is 32.1. The maximum absolute atomic E-state index is 12.7. The average Bonchev–Trinajstić information content (AvgIpc) is 3.22. The topological polar surface area (TPSA) is 93.2 Å². The van der Waals surface area contributed by atoms with Gasteiger partial charge in [-0.25, -0.2) is 9.78 Å². The van der Waals surface area contributed by atoms with Crippen LogP contribution < -0.4 is 14.8 Å². The molecule has 2 aliphatic rings. The first-order chi connectivity index (χ1) is 14.1. The second-order valence-electron chi connectivity index (χ2n) is 6.60. The van der Waals surface area contributed by atoms with Gasteiger partial charge in [-0.1, -0.05) is 0 Å². The zero-order chi connectivity index (χ0) is 20.2. The summed E-state index contributed by atoms with van der Waals surface area (Å²) in [6.45, 7) is 4.20. The Morgan fingerprint density at radius 1 is 1.07 bits per heavy atom. The van der Waals surface area contributed by atoms with E-state index in [4.69, 9.17) is 14.2 Å². The third-order valence-electron chi connectivity index (χ3n) is 4.75. The monoisotopic (exact) mass is 398 g/mol. The number of rotatable bonds is 4. The van der Waals surface area contributed by atoms with Crippen molar-refractivity contribution in [2.45, 2.75) is 6.92 Å². The highest BCUT2D eigenvalue weighted by atomic mass is 16.7. The lowest BCUT2D eigenvalue weighted by atomic mass is 10.2. The molecule has 1 fully saturated rings. The van der Waals surface area contributed by atoms with Crippen LogP contribution in [0, 0.1) is 0 Å². The van der Waals surface area contributed by atoms with Crippen molar-refractivity contribution in [3.05, 3.63) is 42.1 Å². The van der Waals surface area contributed by atoms with Crippen LogP contribution >= 0.6 is 0 Å². The number of nitrogens with zero attached hydrogens (tertiary/aromatic N) is 3. The van der Waals surface area contributed by atoms with E-state index >= 15 is 0 Å². The van der Waals surface area contributed by atoms with Crippen molar-refractivity contribution >= 4 is 23.5 Å². The smallest absolute Gasteiger partial charge is 0.409 e. The Kier molecular flexibility index (Phi) is 5.37. The van der Waals surface area contributed by atoms with Crippen LogP contribution in [-0.4, -0.2) is 66.4 Å². The highest BCUT2D eigenvalue weighted by Gasteiger charge is 2.25. The zero-order valence-corrected chi connectivity index (χ0v) is 16.1. The first-order valence-corrected chi connectivity index (χ1v) is 9.48. The average molecular weight is 398 g/mol. The molecule has 4 rings (SSSR count). The van der Waals surface area contributed by atoms with Gasteiger partial charge in [-0.2, -0.15) is 0 Å². The number of hydrogen-bond acceptors (Lipinski definition) is 7. The molecule has 3 heterocycles. The van der Waals surface area contributed by atoms with Crippen LogP contribution in [-0.2, 0) is 4.74 Å². The number of carbonyl (C=O) groups is 2. The van der Waals surface area contributed by atoms with Gasteiger partial charge in [-0.3, -0.25) is 4.79 Å². The number of pyridine rings is 1. The third kappa shape index (κ3) is 4.18. The molecule has 1 saturated heterocycles. The minimum atomic E-state index is -0.333. The Labute approximate surface area is 168 Å². The maximum atomic E-state index is 12.7. The second kappa shape index (κ2) is 8.26. The molecule has 1 aromatic carbocycles. The number of fused-ring (bicyclic) bond motifs is 1. The molecule has 0 bridgehead atoms. The lowest BCUT2D eigenvalue weighted by Crippen LogP contribution is -2.50.